The second kappa shape index (κ2) is 4.54. The molecule has 1 saturated heterocycles. The Balaban J connectivity index is 1.68. The zero-order valence-corrected chi connectivity index (χ0v) is 11.6. The van der Waals surface area contributed by atoms with E-state index in [1.165, 1.54) is 25.7 Å². The van der Waals surface area contributed by atoms with Gasteiger partial charge in [-0.1, -0.05) is 12.8 Å². The van der Waals surface area contributed by atoms with E-state index in [2.05, 4.69) is 5.10 Å². The summed E-state index contributed by atoms with van der Waals surface area (Å²) < 4.78 is 1.60. The van der Waals surface area contributed by atoms with Crippen molar-refractivity contribution in [2.24, 2.45) is 12.5 Å². The van der Waals surface area contributed by atoms with Gasteiger partial charge in [0.1, 0.15) is 0 Å². The number of aryl methyl sites for hydroxylation is 1. The van der Waals surface area contributed by atoms with E-state index < -0.39 is 0 Å². The molecule has 19 heavy (non-hydrogen) atoms. The van der Waals surface area contributed by atoms with Gasteiger partial charge in [0.25, 0.3) is 5.91 Å². The zero-order chi connectivity index (χ0) is 13.5. The minimum absolute atomic E-state index is 0.00838. The maximum atomic E-state index is 12.4. The lowest BCUT2D eigenvalue weighted by molar-refractivity contribution is 0.0582. The number of nitrogens with zero attached hydrogens (tertiary/aromatic N) is 3. The Morgan fingerprint density at radius 2 is 1.89 bits per heavy atom. The number of nitrogens with two attached hydrogens (primary N) is 1. The van der Waals surface area contributed by atoms with E-state index in [1.54, 1.807) is 17.9 Å². The average molecular weight is 262 g/mol. The molecule has 0 bridgehead atoms. The molecule has 1 aromatic rings. The fourth-order valence-electron chi connectivity index (χ4n) is 3.63. The third kappa shape index (κ3) is 2.22. The van der Waals surface area contributed by atoms with Crippen molar-refractivity contribution in [1.82, 2.24) is 14.7 Å². The molecule has 0 radical (unpaired) electrons. The molecule has 1 amide bonds. The number of nitrogen functional groups attached to an aromatic ring is 1. The molecule has 1 aliphatic carbocycles. The number of likely N-dealkylation sites (tertiary alicyclic amines) is 1. The zero-order valence-electron chi connectivity index (χ0n) is 11.6. The summed E-state index contributed by atoms with van der Waals surface area (Å²) >= 11 is 0. The summed E-state index contributed by atoms with van der Waals surface area (Å²) in [4.78, 5) is 14.3. The topological polar surface area (TPSA) is 64.2 Å². The molecule has 1 aromatic heterocycles. The number of hydrogen-bond acceptors (Lipinski definition) is 3. The van der Waals surface area contributed by atoms with Gasteiger partial charge in [0.05, 0.1) is 5.69 Å². The number of piperidine rings is 1. The van der Waals surface area contributed by atoms with Crippen LogP contribution in [-0.4, -0.2) is 33.7 Å². The highest BCUT2D eigenvalue weighted by Crippen LogP contribution is 2.46. The molecule has 3 rings (SSSR count). The molecule has 1 aliphatic heterocycles. The van der Waals surface area contributed by atoms with Crippen molar-refractivity contribution in [3.63, 3.8) is 0 Å². The summed E-state index contributed by atoms with van der Waals surface area (Å²) in [7, 11) is 1.79. The SMILES string of the molecule is Cn1cc(N)c(C(=O)N2CCC3(CCCC3)CC2)n1. The molecule has 1 spiro atoms. The van der Waals surface area contributed by atoms with Gasteiger partial charge in [-0.15, -0.1) is 0 Å². The first kappa shape index (κ1) is 12.5. The Hall–Kier alpha value is -1.52. The minimum Gasteiger partial charge on any atom is -0.396 e. The van der Waals surface area contributed by atoms with Crippen molar-refractivity contribution in [1.29, 1.82) is 0 Å². The fraction of sp³-hybridized carbons (Fsp3) is 0.714. The van der Waals surface area contributed by atoms with Gasteiger partial charge in [0.15, 0.2) is 5.69 Å². The molecular weight excluding hydrogens is 240 g/mol. The van der Waals surface area contributed by atoms with Gasteiger partial charge < -0.3 is 10.6 Å². The molecular formula is C14H22N4O. The van der Waals surface area contributed by atoms with Crippen molar-refractivity contribution in [2.45, 2.75) is 38.5 Å². The summed E-state index contributed by atoms with van der Waals surface area (Å²) in [5.74, 6) is -0.00838. The summed E-state index contributed by atoms with van der Waals surface area (Å²) in [6.07, 6.45) is 9.40. The van der Waals surface area contributed by atoms with E-state index in [0.29, 0.717) is 16.8 Å². The van der Waals surface area contributed by atoms with Crippen molar-refractivity contribution >= 4 is 11.6 Å². The van der Waals surface area contributed by atoms with Crippen LogP contribution in [0.1, 0.15) is 49.0 Å². The summed E-state index contributed by atoms with van der Waals surface area (Å²) in [6, 6.07) is 0. The van der Waals surface area contributed by atoms with Crippen LogP contribution in [0.3, 0.4) is 0 Å². The van der Waals surface area contributed by atoms with E-state index >= 15 is 0 Å². The molecule has 2 aliphatic rings. The van der Waals surface area contributed by atoms with Crippen LogP contribution < -0.4 is 5.73 Å². The number of hydrogen-bond donors (Lipinski definition) is 1. The lowest BCUT2D eigenvalue weighted by Crippen LogP contribution is -2.42. The molecule has 104 valence electrons. The van der Waals surface area contributed by atoms with Crippen LogP contribution in [0, 0.1) is 5.41 Å². The summed E-state index contributed by atoms with van der Waals surface area (Å²) in [5, 5.41) is 4.17. The van der Waals surface area contributed by atoms with Crippen LogP contribution in [0.25, 0.3) is 0 Å². The molecule has 0 unspecified atom stereocenters. The minimum atomic E-state index is -0.00838. The third-order valence-corrected chi connectivity index (χ3v) is 4.84. The third-order valence-electron chi connectivity index (χ3n) is 4.84. The molecule has 2 fully saturated rings. The van der Waals surface area contributed by atoms with E-state index in [-0.39, 0.29) is 5.91 Å². The highest BCUT2D eigenvalue weighted by Gasteiger charge is 2.38. The average Bonchev–Trinajstić information content (AvgIpc) is 2.97. The van der Waals surface area contributed by atoms with E-state index in [4.69, 9.17) is 5.73 Å². The van der Waals surface area contributed by atoms with Gasteiger partial charge in [0.2, 0.25) is 0 Å². The van der Waals surface area contributed by atoms with Gasteiger partial charge in [0, 0.05) is 26.3 Å². The number of anilines is 1. The van der Waals surface area contributed by atoms with Crippen LogP contribution in [-0.2, 0) is 7.05 Å². The van der Waals surface area contributed by atoms with Crippen LogP contribution in [0.4, 0.5) is 5.69 Å². The second-order valence-corrected chi connectivity index (χ2v) is 6.11. The Morgan fingerprint density at radius 1 is 1.26 bits per heavy atom. The monoisotopic (exact) mass is 262 g/mol. The normalized spacial score (nSPS) is 22.1. The first-order chi connectivity index (χ1) is 9.10. The number of carbonyl (C=O) groups is 1. The first-order valence-electron chi connectivity index (χ1n) is 7.18. The van der Waals surface area contributed by atoms with Crippen molar-refractivity contribution in [3.8, 4) is 0 Å². The quantitative estimate of drug-likeness (QED) is 0.839. The van der Waals surface area contributed by atoms with Crippen LogP contribution in [0.2, 0.25) is 0 Å². The molecule has 5 nitrogen and oxygen atoms in total. The number of amides is 1. The lowest BCUT2D eigenvalue weighted by Gasteiger charge is -2.39. The summed E-state index contributed by atoms with van der Waals surface area (Å²) in [6.45, 7) is 1.71. The lowest BCUT2D eigenvalue weighted by atomic mass is 9.77. The van der Waals surface area contributed by atoms with E-state index in [1.807, 2.05) is 4.90 Å². The van der Waals surface area contributed by atoms with Gasteiger partial charge in [-0.2, -0.15) is 5.10 Å². The predicted octanol–water partition coefficient (Wildman–Crippen LogP) is 1.80. The standard InChI is InChI=1S/C14H22N4O/c1-17-10-11(15)12(16-17)13(19)18-8-6-14(7-9-18)4-2-3-5-14/h10H,2-9,15H2,1H3. The van der Waals surface area contributed by atoms with E-state index in [9.17, 15) is 4.79 Å². The molecule has 1 saturated carbocycles. The summed E-state index contributed by atoms with van der Waals surface area (Å²) in [5.41, 5.74) is 7.26. The molecule has 0 aromatic carbocycles. The Bertz CT molecular complexity index is 478. The number of rotatable bonds is 1. The highest BCUT2D eigenvalue weighted by atomic mass is 16.2. The van der Waals surface area contributed by atoms with Crippen LogP contribution in [0.5, 0.6) is 0 Å². The maximum absolute atomic E-state index is 12.4. The van der Waals surface area contributed by atoms with Crippen molar-refractivity contribution in [2.75, 3.05) is 18.8 Å². The van der Waals surface area contributed by atoms with Gasteiger partial charge in [-0.05, 0) is 31.1 Å². The smallest absolute Gasteiger partial charge is 0.276 e. The van der Waals surface area contributed by atoms with Crippen LogP contribution in [0.15, 0.2) is 6.20 Å². The number of carbonyl (C=O) groups excluding carboxylic acids is 1. The molecule has 2 heterocycles. The Kier molecular flexibility index (Phi) is 2.99. The van der Waals surface area contributed by atoms with Gasteiger partial charge >= 0.3 is 0 Å². The highest BCUT2D eigenvalue weighted by molar-refractivity contribution is 5.97. The molecule has 0 atom stereocenters. The largest absolute Gasteiger partial charge is 0.396 e. The van der Waals surface area contributed by atoms with Crippen molar-refractivity contribution in [3.05, 3.63) is 11.9 Å². The first-order valence-corrected chi connectivity index (χ1v) is 7.18. The second-order valence-electron chi connectivity index (χ2n) is 6.11. The maximum Gasteiger partial charge on any atom is 0.276 e. The Morgan fingerprint density at radius 3 is 2.42 bits per heavy atom. The van der Waals surface area contributed by atoms with Crippen molar-refractivity contribution < 1.29 is 4.79 Å². The molecule has 5 heteroatoms. The Labute approximate surface area is 113 Å². The predicted molar refractivity (Wildman–Crippen MR) is 73.7 cm³/mol. The molecule has 2 N–H and O–H groups in total. The van der Waals surface area contributed by atoms with Gasteiger partial charge in [-0.3, -0.25) is 9.48 Å². The van der Waals surface area contributed by atoms with Gasteiger partial charge in [-0.25, -0.2) is 0 Å². The number of aromatic nitrogens is 2. The van der Waals surface area contributed by atoms with Crippen LogP contribution >= 0.6 is 0 Å². The fourth-order valence-corrected chi connectivity index (χ4v) is 3.63. The van der Waals surface area contributed by atoms with E-state index in [0.717, 1.165) is 25.9 Å².